The van der Waals surface area contributed by atoms with Crippen molar-refractivity contribution in [3.63, 3.8) is 0 Å². The van der Waals surface area contributed by atoms with Crippen LogP contribution < -0.4 is 4.74 Å². The number of amides is 1. The first kappa shape index (κ1) is 16.3. The van der Waals surface area contributed by atoms with E-state index in [4.69, 9.17) is 21.6 Å². The Bertz CT molecular complexity index is 485. The summed E-state index contributed by atoms with van der Waals surface area (Å²) in [7, 11) is 1.71. The van der Waals surface area contributed by atoms with Gasteiger partial charge in [0.1, 0.15) is 5.75 Å². The Morgan fingerprint density at radius 2 is 2.20 bits per heavy atom. The van der Waals surface area contributed by atoms with Crippen LogP contribution in [-0.2, 0) is 4.79 Å². The van der Waals surface area contributed by atoms with Gasteiger partial charge in [0.15, 0.2) is 0 Å². The van der Waals surface area contributed by atoms with E-state index in [-0.39, 0.29) is 11.8 Å². The Labute approximate surface area is 124 Å². The van der Waals surface area contributed by atoms with Gasteiger partial charge < -0.3 is 9.64 Å². The summed E-state index contributed by atoms with van der Waals surface area (Å²) in [6.45, 7) is 2.70. The third kappa shape index (κ3) is 5.50. The Hall–Kier alpha value is -1.73. The fraction of sp³-hybridized carbons (Fsp3) is 0.467. The van der Waals surface area contributed by atoms with Crippen molar-refractivity contribution in [2.24, 2.45) is 5.92 Å². The van der Waals surface area contributed by atoms with Gasteiger partial charge in [-0.15, -0.1) is 0 Å². The highest BCUT2D eigenvalue weighted by atomic mass is 35.5. The molecule has 1 amide bonds. The SMILES string of the molecule is CC(C#N)CN(C)C(=O)CCCOc1ccccc1Cl. The number of ether oxygens (including phenoxy) is 1. The quantitative estimate of drug-likeness (QED) is 0.726. The second-order valence-corrected chi connectivity index (χ2v) is 5.09. The molecule has 20 heavy (non-hydrogen) atoms. The summed E-state index contributed by atoms with van der Waals surface area (Å²) in [5, 5.41) is 9.28. The predicted molar refractivity (Wildman–Crippen MR) is 78.6 cm³/mol. The van der Waals surface area contributed by atoms with E-state index in [9.17, 15) is 4.79 Å². The number of benzene rings is 1. The zero-order valence-electron chi connectivity index (χ0n) is 11.8. The number of para-hydroxylation sites is 1. The van der Waals surface area contributed by atoms with Crippen LogP contribution in [0.3, 0.4) is 0 Å². The summed E-state index contributed by atoms with van der Waals surface area (Å²) in [5.41, 5.74) is 0. The van der Waals surface area contributed by atoms with Gasteiger partial charge in [-0.25, -0.2) is 0 Å². The molecule has 0 saturated carbocycles. The topological polar surface area (TPSA) is 53.3 Å². The van der Waals surface area contributed by atoms with E-state index in [2.05, 4.69) is 6.07 Å². The van der Waals surface area contributed by atoms with Gasteiger partial charge in [0.25, 0.3) is 0 Å². The molecule has 1 rings (SSSR count). The van der Waals surface area contributed by atoms with E-state index < -0.39 is 0 Å². The lowest BCUT2D eigenvalue weighted by Crippen LogP contribution is -2.30. The second kappa shape index (κ2) is 8.44. The first-order valence-corrected chi connectivity index (χ1v) is 6.93. The molecular weight excluding hydrogens is 276 g/mol. The molecule has 1 aromatic rings. The predicted octanol–water partition coefficient (Wildman–Crippen LogP) is 3.12. The molecule has 1 atom stereocenters. The molecule has 1 unspecified atom stereocenters. The van der Waals surface area contributed by atoms with Crippen LogP contribution in [0.4, 0.5) is 0 Å². The Balaban J connectivity index is 2.26. The van der Waals surface area contributed by atoms with Gasteiger partial charge >= 0.3 is 0 Å². The van der Waals surface area contributed by atoms with Crippen molar-refractivity contribution in [1.82, 2.24) is 4.90 Å². The normalized spacial score (nSPS) is 11.5. The molecule has 1 aromatic carbocycles. The number of nitriles is 1. The maximum absolute atomic E-state index is 11.8. The lowest BCUT2D eigenvalue weighted by atomic mass is 10.2. The molecule has 0 fully saturated rings. The maximum Gasteiger partial charge on any atom is 0.222 e. The van der Waals surface area contributed by atoms with Crippen LogP contribution in [0, 0.1) is 17.2 Å². The van der Waals surface area contributed by atoms with Crippen LogP contribution in [0.25, 0.3) is 0 Å². The number of nitrogens with zero attached hydrogens (tertiary/aromatic N) is 2. The summed E-state index contributed by atoms with van der Waals surface area (Å²) >= 11 is 5.96. The van der Waals surface area contributed by atoms with Gasteiger partial charge in [0, 0.05) is 20.0 Å². The lowest BCUT2D eigenvalue weighted by Gasteiger charge is -2.18. The molecule has 0 heterocycles. The summed E-state index contributed by atoms with van der Waals surface area (Å²) in [5.74, 6) is 0.506. The minimum atomic E-state index is -0.150. The second-order valence-electron chi connectivity index (χ2n) is 4.69. The fourth-order valence-electron chi connectivity index (χ4n) is 1.71. The largest absolute Gasteiger partial charge is 0.492 e. The van der Waals surface area contributed by atoms with Crippen LogP contribution in [0.1, 0.15) is 19.8 Å². The van der Waals surface area contributed by atoms with E-state index in [1.165, 1.54) is 0 Å². The molecule has 0 saturated heterocycles. The molecule has 5 heteroatoms. The van der Waals surface area contributed by atoms with Gasteiger partial charge in [-0.05, 0) is 25.5 Å². The molecule has 0 aliphatic carbocycles. The number of carbonyl (C=O) groups is 1. The van der Waals surface area contributed by atoms with Crippen molar-refractivity contribution in [3.05, 3.63) is 29.3 Å². The molecule has 0 spiro atoms. The highest BCUT2D eigenvalue weighted by Crippen LogP contribution is 2.23. The van der Waals surface area contributed by atoms with Gasteiger partial charge in [-0.2, -0.15) is 5.26 Å². The molecular formula is C15H19ClN2O2. The Morgan fingerprint density at radius 3 is 2.85 bits per heavy atom. The van der Waals surface area contributed by atoms with Crippen LogP contribution in [0.2, 0.25) is 5.02 Å². The van der Waals surface area contributed by atoms with Crippen molar-refractivity contribution in [1.29, 1.82) is 5.26 Å². The molecule has 0 aromatic heterocycles. The monoisotopic (exact) mass is 294 g/mol. The molecule has 0 bridgehead atoms. The standard InChI is InChI=1S/C15H19ClN2O2/c1-12(10-17)11-18(2)15(19)8-5-9-20-14-7-4-3-6-13(14)16/h3-4,6-7,12H,5,8-9,11H2,1-2H3. The highest BCUT2D eigenvalue weighted by Gasteiger charge is 2.11. The Morgan fingerprint density at radius 1 is 1.50 bits per heavy atom. The number of rotatable bonds is 7. The summed E-state index contributed by atoms with van der Waals surface area (Å²) in [6, 6.07) is 9.36. The van der Waals surface area contributed by atoms with Crippen molar-refractivity contribution in [2.45, 2.75) is 19.8 Å². The maximum atomic E-state index is 11.8. The minimum absolute atomic E-state index is 0.0230. The molecule has 4 nitrogen and oxygen atoms in total. The van der Waals surface area contributed by atoms with E-state index in [1.54, 1.807) is 31.0 Å². The van der Waals surface area contributed by atoms with Crippen molar-refractivity contribution >= 4 is 17.5 Å². The smallest absolute Gasteiger partial charge is 0.222 e. The number of carbonyl (C=O) groups excluding carboxylic acids is 1. The number of hydrogen-bond acceptors (Lipinski definition) is 3. The lowest BCUT2D eigenvalue weighted by molar-refractivity contribution is -0.130. The number of hydrogen-bond donors (Lipinski definition) is 0. The first-order valence-electron chi connectivity index (χ1n) is 6.55. The van der Waals surface area contributed by atoms with Gasteiger partial charge in [0.2, 0.25) is 5.91 Å². The van der Waals surface area contributed by atoms with Crippen LogP contribution in [0.15, 0.2) is 24.3 Å². The molecule has 0 aliphatic rings. The third-order valence-corrected chi connectivity index (χ3v) is 3.14. The zero-order chi connectivity index (χ0) is 15.0. The fourth-order valence-corrected chi connectivity index (χ4v) is 1.90. The molecule has 108 valence electrons. The highest BCUT2D eigenvalue weighted by molar-refractivity contribution is 6.32. The Kier molecular flexibility index (Phi) is 6.89. The number of halogens is 1. The van der Waals surface area contributed by atoms with E-state index in [0.717, 1.165) is 0 Å². The van der Waals surface area contributed by atoms with Crippen LogP contribution >= 0.6 is 11.6 Å². The van der Waals surface area contributed by atoms with Crippen LogP contribution in [0.5, 0.6) is 5.75 Å². The van der Waals surface area contributed by atoms with Crippen molar-refractivity contribution in [3.8, 4) is 11.8 Å². The minimum Gasteiger partial charge on any atom is -0.492 e. The average Bonchev–Trinajstić information content (AvgIpc) is 2.44. The van der Waals surface area contributed by atoms with Gasteiger partial charge in [0.05, 0.1) is 23.6 Å². The van der Waals surface area contributed by atoms with E-state index >= 15 is 0 Å². The van der Waals surface area contributed by atoms with Crippen molar-refractivity contribution in [2.75, 3.05) is 20.2 Å². The molecule has 0 N–H and O–H groups in total. The first-order chi connectivity index (χ1) is 9.54. The van der Waals surface area contributed by atoms with Crippen LogP contribution in [-0.4, -0.2) is 31.0 Å². The average molecular weight is 295 g/mol. The van der Waals surface area contributed by atoms with Gasteiger partial charge in [-0.1, -0.05) is 23.7 Å². The van der Waals surface area contributed by atoms with E-state index in [1.807, 2.05) is 12.1 Å². The van der Waals surface area contributed by atoms with Crippen molar-refractivity contribution < 1.29 is 9.53 Å². The summed E-state index contributed by atoms with van der Waals surface area (Å²) in [4.78, 5) is 13.4. The molecule has 0 aliphatic heterocycles. The third-order valence-electron chi connectivity index (χ3n) is 2.82. The van der Waals surface area contributed by atoms with Gasteiger partial charge in [-0.3, -0.25) is 4.79 Å². The summed E-state index contributed by atoms with van der Waals surface area (Å²) in [6.07, 6.45) is 1.02. The summed E-state index contributed by atoms with van der Waals surface area (Å²) < 4.78 is 5.51. The van der Waals surface area contributed by atoms with E-state index in [0.29, 0.717) is 36.8 Å². The zero-order valence-corrected chi connectivity index (χ0v) is 12.6. The molecule has 0 radical (unpaired) electrons.